The fourth-order valence-electron chi connectivity index (χ4n) is 1.03. The predicted molar refractivity (Wildman–Crippen MR) is 47.2 cm³/mol. The van der Waals surface area contributed by atoms with E-state index in [0.717, 1.165) is 5.82 Å². The molecule has 10 heavy (non-hydrogen) atoms. The second kappa shape index (κ2) is 2.66. The van der Waals surface area contributed by atoms with E-state index < -0.39 is 0 Å². The number of H-pyrrole nitrogens is 1. The molecular formula is C7H14N2S. The van der Waals surface area contributed by atoms with Crippen molar-refractivity contribution in [2.24, 2.45) is 0 Å². The zero-order valence-corrected chi connectivity index (χ0v) is 7.79. The van der Waals surface area contributed by atoms with Crippen LogP contribution in [0.25, 0.3) is 0 Å². The lowest BCUT2D eigenvalue weighted by molar-refractivity contribution is 1.10. The van der Waals surface area contributed by atoms with Gasteiger partial charge >= 0.3 is 0 Å². The molecule has 0 aliphatic carbocycles. The van der Waals surface area contributed by atoms with Gasteiger partial charge in [-0.1, -0.05) is 0 Å². The van der Waals surface area contributed by atoms with Gasteiger partial charge in [0, 0.05) is 5.69 Å². The second-order valence-electron chi connectivity index (χ2n) is 2.67. The van der Waals surface area contributed by atoms with E-state index in [9.17, 15) is 0 Å². The van der Waals surface area contributed by atoms with Crippen LogP contribution in [0.15, 0.2) is 5.03 Å². The van der Waals surface area contributed by atoms with Crippen molar-refractivity contribution in [3.05, 3.63) is 11.5 Å². The molecule has 0 radical (unpaired) electrons. The van der Waals surface area contributed by atoms with Crippen molar-refractivity contribution < 1.29 is 0 Å². The van der Waals surface area contributed by atoms with Crippen LogP contribution in [0.3, 0.4) is 0 Å². The minimum Gasteiger partial charge on any atom is -0.345 e. The van der Waals surface area contributed by atoms with Gasteiger partial charge in [-0.05, 0) is 26.4 Å². The Balaban J connectivity index is 3.03. The van der Waals surface area contributed by atoms with Crippen molar-refractivity contribution in [3.8, 4) is 0 Å². The highest BCUT2D eigenvalue weighted by Gasteiger charge is 2.03. The number of nitrogens with zero attached hydrogens (tertiary/aromatic N) is 1. The Labute approximate surface area is 64.4 Å². The highest BCUT2D eigenvalue weighted by Crippen LogP contribution is 2.28. The number of imidazole rings is 1. The fraction of sp³-hybridized carbons (Fsp3) is 0.571. The van der Waals surface area contributed by atoms with Crippen LogP contribution in [0.4, 0.5) is 0 Å². The molecule has 0 unspecified atom stereocenters. The quantitative estimate of drug-likeness (QED) is 0.598. The maximum Gasteiger partial charge on any atom is 0.104 e. The molecule has 58 valence electrons. The number of nitrogens with one attached hydrogen (secondary N) is 1. The third kappa shape index (κ3) is 1.34. The molecule has 2 nitrogen and oxygen atoms in total. The highest BCUT2D eigenvalue weighted by atomic mass is 32.2. The smallest absolute Gasteiger partial charge is 0.104 e. The lowest BCUT2D eigenvalue weighted by atomic mass is 10.6. The molecule has 0 aliphatic heterocycles. The van der Waals surface area contributed by atoms with E-state index in [4.69, 9.17) is 0 Å². The summed E-state index contributed by atoms with van der Waals surface area (Å²) in [6.45, 7) is 4.08. The molecule has 3 heteroatoms. The van der Waals surface area contributed by atoms with Crippen LogP contribution in [-0.4, -0.2) is 22.5 Å². The molecule has 1 heterocycles. The van der Waals surface area contributed by atoms with E-state index in [1.807, 2.05) is 6.92 Å². The van der Waals surface area contributed by atoms with E-state index in [1.54, 1.807) is 0 Å². The van der Waals surface area contributed by atoms with E-state index in [2.05, 4.69) is 29.4 Å². The van der Waals surface area contributed by atoms with Crippen molar-refractivity contribution in [1.82, 2.24) is 9.97 Å². The number of aryl methyl sites for hydroxylation is 2. The Hall–Kier alpha value is -0.440. The molecule has 0 fully saturated rings. The lowest BCUT2D eigenvalue weighted by Gasteiger charge is -2.04. The van der Waals surface area contributed by atoms with Crippen molar-refractivity contribution in [1.29, 1.82) is 0 Å². The van der Waals surface area contributed by atoms with Gasteiger partial charge < -0.3 is 4.98 Å². The Morgan fingerprint density at radius 3 is 2.10 bits per heavy atom. The first-order valence-corrected chi connectivity index (χ1v) is 5.55. The molecule has 0 saturated heterocycles. The normalized spacial score (nSPS) is 11.8. The fourth-order valence-corrected chi connectivity index (χ4v) is 2.11. The van der Waals surface area contributed by atoms with Crippen LogP contribution in [-0.2, 0) is 0 Å². The van der Waals surface area contributed by atoms with Crippen LogP contribution < -0.4 is 0 Å². The van der Waals surface area contributed by atoms with Gasteiger partial charge in [-0.3, -0.25) is 0 Å². The van der Waals surface area contributed by atoms with Gasteiger partial charge in [-0.25, -0.2) is 15.9 Å². The Morgan fingerprint density at radius 2 is 1.90 bits per heavy atom. The molecular weight excluding hydrogens is 144 g/mol. The summed E-state index contributed by atoms with van der Waals surface area (Å²) in [5.41, 5.74) is 1.23. The molecule has 0 spiro atoms. The third-order valence-electron chi connectivity index (χ3n) is 1.40. The molecule has 0 atom stereocenters. The number of rotatable bonds is 1. The van der Waals surface area contributed by atoms with Gasteiger partial charge in [0.05, 0.1) is 5.03 Å². The van der Waals surface area contributed by atoms with Gasteiger partial charge in [0.25, 0.3) is 0 Å². The standard InChI is InChI=1S/C7H14N2S/c1-5-7(10(3)4)9-6(2)8-5/h10H,1-4H3,(H,8,9). The number of thiol groups is 1. The molecule has 0 bridgehead atoms. The second-order valence-corrected chi connectivity index (χ2v) is 4.88. The minimum atomic E-state index is -0.0379. The maximum atomic E-state index is 4.38. The van der Waals surface area contributed by atoms with Gasteiger partial charge in [-0.2, -0.15) is 0 Å². The average Bonchev–Trinajstić information content (AvgIpc) is 2.10. The molecule has 0 saturated carbocycles. The average molecular weight is 158 g/mol. The first-order valence-electron chi connectivity index (χ1n) is 3.32. The Bertz CT molecular complexity index is 228. The van der Waals surface area contributed by atoms with Crippen LogP contribution in [0.5, 0.6) is 0 Å². The van der Waals surface area contributed by atoms with Gasteiger partial charge in [0.15, 0.2) is 0 Å². The van der Waals surface area contributed by atoms with Crippen LogP contribution in [0.1, 0.15) is 11.5 Å². The number of hydrogen-bond donors (Lipinski definition) is 2. The summed E-state index contributed by atoms with van der Waals surface area (Å²) in [7, 11) is -0.0379. The number of hydrogen-bond acceptors (Lipinski definition) is 1. The van der Waals surface area contributed by atoms with Gasteiger partial charge in [0.2, 0.25) is 0 Å². The lowest BCUT2D eigenvalue weighted by Crippen LogP contribution is -1.80. The minimum absolute atomic E-state index is 0.0379. The SMILES string of the molecule is Cc1nc([SH](C)C)c(C)[nH]1. The first-order chi connectivity index (χ1) is 4.61. The van der Waals surface area contributed by atoms with Crippen molar-refractivity contribution in [3.63, 3.8) is 0 Å². The Morgan fingerprint density at radius 1 is 1.30 bits per heavy atom. The van der Waals surface area contributed by atoms with Crippen molar-refractivity contribution >= 4 is 10.9 Å². The molecule has 0 aliphatic rings. The van der Waals surface area contributed by atoms with Crippen LogP contribution >= 0.6 is 10.9 Å². The summed E-state index contributed by atoms with van der Waals surface area (Å²) in [4.78, 5) is 7.58. The highest BCUT2D eigenvalue weighted by molar-refractivity contribution is 8.15. The van der Waals surface area contributed by atoms with Crippen molar-refractivity contribution in [2.75, 3.05) is 12.5 Å². The Kier molecular flexibility index (Phi) is 2.04. The third-order valence-corrected chi connectivity index (χ3v) is 2.68. The predicted octanol–water partition coefficient (Wildman–Crippen LogP) is 1.65. The van der Waals surface area contributed by atoms with Crippen molar-refractivity contribution in [2.45, 2.75) is 18.9 Å². The molecule has 1 rings (SSSR count). The molecule has 1 N–H and O–H groups in total. The first kappa shape index (κ1) is 7.66. The summed E-state index contributed by atoms with van der Waals surface area (Å²) in [5, 5.41) is 1.26. The summed E-state index contributed by atoms with van der Waals surface area (Å²) >= 11 is 0. The summed E-state index contributed by atoms with van der Waals surface area (Å²) in [6, 6.07) is 0. The topological polar surface area (TPSA) is 28.7 Å². The van der Waals surface area contributed by atoms with Gasteiger partial charge in [-0.15, -0.1) is 0 Å². The van der Waals surface area contributed by atoms with Crippen LogP contribution in [0.2, 0.25) is 0 Å². The van der Waals surface area contributed by atoms with E-state index in [-0.39, 0.29) is 10.9 Å². The number of aromatic nitrogens is 2. The summed E-state index contributed by atoms with van der Waals surface area (Å²) in [6.07, 6.45) is 4.44. The zero-order chi connectivity index (χ0) is 7.72. The summed E-state index contributed by atoms with van der Waals surface area (Å²) in [5.74, 6) is 1.03. The van der Waals surface area contributed by atoms with Gasteiger partial charge in [0.1, 0.15) is 5.82 Å². The van der Waals surface area contributed by atoms with E-state index in [0.29, 0.717) is 0 Å². The molecule has 0 aromatic carbocycles. The van der Waals surface area contributed by atoms with E-state index in [1.165, 1.54) is 10.7 Å². The van der Waals surface area contributed by atoms with Crippen LogP contribution in [0, 0.1) is 13.8 Å². The maximum absolute atomic E-state index is 4.38. The monoisotopic (exact) mass is 158 g/mol. The summed E-state index contributed by atoms with van der Waals surface area (Å²) < 4.78 is 0. The molecule has 1 aromatic rings. The number of aromatic amines is 1. The zero-order valence-electron chi connectivity index (χ0n) is 6.89. The molecule has 0 amide bonds. The molecule has 1 aromatic heterocycles. The largest absolute Gasteiger partial charge is 0.345 e. The van der Waals surface area contributed by atoms with E-state index >= 15 is 0 Å².